The van der Waals surface area contributed by atoms with Crippen molar-refractivity contribution < 1.29 is 4.74 Å². The summed E-state index contributed by atoms with van der Waals surface area (Å²) < 4.78 is 5.42. The van der Waals surface area contributed by atoms with E-state index in [0.29, 0.717) is 5.92 Å². The Morgan fingerprint density at radius 2 is 2.31 bits per heavy atom. The average Bonchev–Trinajstić information content (AvgIpc) is 2.86. The number of rotatable bonds is 2. The molecule has 1 heterocycles. The van der Waals surface area contributed by atoms with Crippen molar-refractivity contribution in [2.45, 2.75) is 38.1 Å². The summed E-state index contributed by atoms with van der Waals surface area (Å²) in [4.78, 5) is 4.60. The normalized spacial score (nSPS) is 36.2. The highest BCUT2D eigenvalue weighted by Gasteiger charge is 2.31. The third-order valence-electron chi connectivity index (χ3n) is 2.81. The van der Waals surface area contributed by atoms with E-state index < -0.39 is 0 Å². The zero-order chi connectivity index (χ0) is 9.31. The van der Waals surface area contributed by atoms with Gasteiger partial charge < -0.3 is 10.5 Å². The Hall–Kier alpha value is -0.570. The molecule has 3 heteroatoms. The molecule has 0 aromatic carbocycles. The number of nitrogens with two attached hydrogens (primary N) is 1. The lowest BCUT2D eigenvalue weighted by molar-refractivity contribution is 0.0467. The monoisotopic (exact) mass is 182 g/mol. The lowest BCUT2D eigenvalue weighted by Gasteiger charge is -2.30. The molecule has 2 aliphatic rings. The first-order chi connectivity index (χ1) is 6.20. The first-order valence-electron chi connectivity index (χ1n) is 5.13. The maximum Gasteiger partial charge on any atom is 0.0976 e. The lowest BCUT2D eigenvalue weighted by Crippen LogP contribution is -2.36. The molecule has 2 fully saturated rings. The molecule has 13 heavy (non-hydrogen) atoms. The summed E-state index contributed by atoms with van der Waals surface area (Å²) in [6.45, 7) is 3.76. The summed E-state index contributed by atoms with van der Waals surface area (Å²) in [6, 6.07) is 0. The van der Waals surface area contributed by atoms with Crippen LogP contribution in [-0.4, -0.2) is 24.6 Å². The highest BCUT2D eigenvalue weighted by atomic mass is 16.5. The Balaban J connectivity index is 2.00. The fourth-order valence-electron chi connectivity index (χ4n) is 1.79. The molecule has 1 aliphatic carbocycles. The summed E-state index contributed by atoms with van der Waals surface area (Å²) in [5.41, 5.74) is 5.85. The number of hydrogen-bond donors (Lipinski definition) is 1. The number of nitrogens with zero attached hydrogens (tertiary/aromatic N) is 1. The first-order valence-corrected chi connectivity index (χ1v) is 5.13. The average molecular weight is 182 g/mol. The van der Waals surface area contributed by atoms with Gasteiger partial charge in [0.15, 0.2) is 0 Å². The molecule has 3 nitrogen and oxygen atoms in total. The summed E-state index contributed by atoms with van der Waals surface area (Å²) in [5.74, 6) is 1.44. The van der Waals surface area contributed by atoms with Crippen molar-refractivity contribution in [2.75, 3.05) is 13.2 Å². The molecule has 0 radical (unpaired) electrons. The molecule has 2 N–H and O–H groups in total. The van der Waals surface area contributed by atoms with E-state index in [4.69, 9.17) is 10.5 Å². The predicted molar refractivity (Wildman–Crippen MR) is 52.8 cm³/mol. The standard InChI is InChI=1S/C10H18N2O/c1-10(5-2-6-13-7-10)12-9(11)8-3-4-8/h8H,2-7H2,1H3,(H2,11,12). The summed E-state index contributed by atoms with van der Waals surface area (Å²) >= 11 is 0. The van der Waals surface area contributed by atoms with Gasteiger partial charge in [0.1, 0.15) is 0 Å². The van der Waals surface area contributed by atoms with Crippen molar-refractivity contribution in [2.24, 2.45) is 16.6 Å². The second-order valence-electron chi connectivity index (χ2n) is 4.46. The molecule has 0 amide bonds. The maximum atomic E-state index is 5.89. The van der Waals surface area contributed by atoms with Crippen molar-refractivity contribution in [1.82, 2.24) is 0 Å². The molecule has 1 saturated carbocycles. The van der Waals surface area contributed by atoms with Crippen LogP contribution in [0, 0.1) is 5.92 Å². The van der Waals surface area contributed by atoms with Crippen molar-refractivity contribution in [3.63, 3.8) is 0 Å². The van der Waals surface area contributed by atoms with Gasteiger partial charge in [0.2, 0.25) is 0 Å². The Labute approximate surface area is 79.4 Å². The maximum absolute atomic E-state index is 5.89. The van der Waals surface area contributed by atoms with Crippen LogP contribution in [0.2, 0.25) is 0 Å². The Bertz CT molecular complexity index is 215. The van der Waals surface area contributed by atoms with Crippen LogP contribution in [0.15, 0.2) is 4.99 Å². The van der Waals surface area contributed by atoms with Gasteiger partial charge in [0.25, 0.3) is 0 Å². The topological polar surface area (TPSA) is 47.6 Å². The molecule has 1 aliphatic heterocycles. The van der Waals surface area contributed by atoms with E-state index in [0.717, 1.165) is 31.9 Å². The van der Waals surface area contributed by atoms with E-state index in [9.17, 15) is 0 Å². The molecule has 1 unspecified atom stereocenters. The molecule has 0 aromatic heterocycles. The molecule has 1 atom stereocenters. The van der Waals surface area contributed by atoms with Gasteiger partial charge in [-0.15, -0.1) is 0 Å². The number of ether oxygens (including phenoxy) is 1. The first kappa shape index (κ1) is 9.00. The van der Waals surface area contributed by atoms with Crippen LogP contribution in [0.4, 0.5) is 0 Å². The van der Waals surface area contributed by atoms with Crippen molar-refractivity contribution in [3.05, 3.63) is 0 Å². The van der Waals surface area contributed by atoms with E-state index in [1.165, 1.54) is 12.8 Å². The SMILES string of the molecule is CC1(N=C(N)C2CC2)CCCOC1. The molecule has 74 valence electrons. The van der Waals surface area contributed by atoms with Crippen LogP contribution >= 0.6 is 0 Å². The number of aliphatic imine (C=N–C) groups is 1. The molecule has 0 bridgehead atoms. The summed E-state index contributed by atoms with van der Waals surface area (Å²) in [7, 11) is 0. The Kier molecular flexibility index (Phi) is 2.28. The highest BCUT2D eigenvalue weighted by Crippen LogP contribution is 2.31. The molecule has 0 aromatic rings. The van der Waals surface area contributed by atoms with Crippen LogP contribution in [0.1, 0.15) is 32.6 Å². The fourth-order valence-corrected chi connectivity index (χ4v) is 1.79. The number of amidine groups is 1. The van der Waals surface area contributed by atoms with E-state index in [1.807, 2.05) is 0 Å². The van der Waals surface area contributed by atoms with E-state index >= 15 is 0 Å². The molecular weight excluding hydrogens is 164 g/mol. The molecular formula is C10H18N2O. The van der Waals surface area contributed by atoms with Gasteiger partial charge in [0, 0.05) is 12.5 Å². The van der Waals surface area contributed by atoms with Gasteiger partial charge in [0.05, 0.1) is 18.0 Å². The second kappa shape index (κ2) is 3.29. The van der Waals surface area contributed by atoms with Crippen LogP contribution in [0.3, 0.4) is 0 Å². The Morgan fingerprint density at radius 1 is 1.54 bits per heavy atom. The Morgan fingerprint density at radius 3 is 2.85 bits per heavy atom. The predicted octanol–water partition coefficient (Wildman–Crippen LogP) is 1.32. The zero-order valence-electron chi connectivity index (χ0n) is 8.25. The quantitative estimate of drug-likeness (QED) is 0.517. The van der Waals surface area contributed by atoms with Crippen molar-refractivity contribution in [3.8, 4) is 0 Å². The zero-order valence-corrected chi connectivity index (χ0v) is 8.25. The van der Waals surface area contributed by atoms with Crippen LogP contribution in [0.5, 0.6) is 0 Å². The second-order valence-corrected chi connectivity index (χ2v) is 4.46. The van der Waals surface area contributed by atoms with Crippen molar-refractivity contribution in [1.29, 1.82) is 0 Å². The van der Waals surface area contributed by atoms with Crippen LogP contribution in [0.25, 0.3) is 0 Å². The smallest absolute Gasteiger partial charge is 0.0976 e. The summed E-state index contributed by atoms with van der Waals surface area (Å²) in [6.07, 6.45) is 4.68. The fraction of sp³-hybridized carbons (Fsp3) is 0.900. The van der Waals surface area contributed by atoms with Gasteiger partial charge in [-0.1, -0.05) is 0 Å². The van der Waals surface area contributed by atoms with Gasteiger partial charge >= 0.3 is 0 Å². The van der Waals surface area contributed by atoms with Crippen LogP contribution in [-0.2, 0) is 4.74 Å². The number of hydrogen-bond acceptors (Lipinski definition) is 2. The van der Waals surface area contributed by atoms with Gasteiger partial charge in [-0.25, -0.2) is 0 Å². The lowest BCUT2D eigenvalue weighted by atomic mass is 9.96. The molecule has 2 rings (SSSR count). The molecule has 0 spiro atoms. The minimum Gasteiger partial charge on any atom is -0.387 e. The van der Waals surface area contributed by atoms with Gasteiger partial charge in [-0.3, -0.25) is 4.99 Å². The van der Waals surface area contributed by atoms with Gasteiger partial charge in [-0.2, -0.15) is 0 Å². The summed E-state index contributed by atoms with van der Waals surface area (Å²) in [5, 5.41) is 0. The largest absolute Gasteiger partial charge is 0.387 e. The van der Waals surface area contributed by atoms with Crippen molar-refractivity contribution >= 4 is 5.84 Å². The van der Waals surface area contributed by atoms with Crippen LogP contribution < -0.4 is 5.73 Å². The van der Waals surface area contributed by atoms with E-state index in [1.54, 1.807) is 0 Å². The van der Waals surface area contributed by atoms with Gasteiger partial charge in [-0.05, 0) is 32.6 Å². The minimum atomic E-state index is -0.0368. The van der Waals surface area contributed by atoms with E-state index in [2.05, 4.69) is 11.9 Å². The third kappa shape index (κ3) is 2.21. The molecule has 1 saturated heterocycles. The third-order valence-corrected chi connectivity index (χ3v) is 2.81. The highest BCUT2D eigenvalue weighted by molar-refractivity contribution is 5.85. The van der Waals surface area contributed by atoms with E-state index in [-0.39, 0.29) is 5.54 Å². The minimum absolute atomic E-state index is 0.0368.